The summed E-state index contributed by atoms with van der Waals surface area (Å²) in [6.45, 7) is 1.78. The molecule has 96 valence electrons. The standard InChI is InChI=1S/C13H14ClFN2O/c1-8-17-13(7-18-8)12(16-2)5-9-3-4-10(14)6-11(9)15/h3-4,6-7,12,16H,5H2,1-2H3. The smallest absolute Gasteiger partial charge is 0.191 e. The largest absolute Gasteiger partial charge is 0.449 e. The van der Waals surface area contributed by atoms with Gasteiger partial charge in [-0.25, -0.2) is 9.37 Å². The third-order valence-corrected chi connectivity index (χ3v) is 3.02. The van der Waals surface area contributed by atoms with E-state index in [4.69, 9.17) is 16.0 Å². The molecular formula is C13H14ClFN2O. The number of aromatic nitrogens is 1. The lowest BCUT2D eigenvalue weighted by atomic mass is 10.0. The molecule has 0 aliphatic rings. The van der Waals surface area contributed by atoms with Gasteiger partial charge in [-0.05, 0) is 31.2 Å². The van der Waals surface area contributed by atoms with Gasteiger partial charge in [-0.3, -0.25) is 0 Å². The normalized spacial score (nSPS) is 12.7. The highest BCUT2D eigenvalue weighted by Gasteiger charge is 2.16. The van der Waals surface area contributed by atoms with Crippen molar-refractivity contribution >= 4 is 11.6 Å². The van der Waals surface area contributed by atoms with Gasteiger partial charge in [0, 0.05) is 11.9 Å². The Morgan fingerprint density at radius 3 is 2.83 bits per heavy atom. The van der Waals surface area contributed by atoms with Gasteiger partial charge in [0.15, 0.2) is 5.89 Å². The van der Waals surface area contributed by atoms with E-state index in [-0.39, 0.29) is 11.9 Å². The summed E-state index contributed by atoms with van der Waals surface area (Å²) in [6.07, 6.45) is 2.08. The fraction of sp³-hybridized carbons (Fsp3) is 0.308. The summed E-state index contributed by atoms with van der Waals surface area (Å²) in [4.78, 5) is 4.25. The molecule has 0 amide bonds. The molecule has 1 atom stereocenters. The highest BCUT2D eigenvalue weighted by molar-refractivity contribution is 6.30. The zero-order valence-electron chi connectivity index (χ0n) is 10.2. The molecule has 0 radical (unpaired) electrons. The molecule has 1 aromatic heterocycles. The van der Waals surface area contributed by atoms with Crippen LogP contribution in [0.15, 0.2) is 28.9 Å². The van der Waals surface area contributed by atoms with E-state index >= 15 is 0 Å². The Labute approximate surface area is 110 Å². The zero-order chi connectivity index (χ0) is 13.1. The van der Waals surface area contributed by atoms with Crippen molar-refractivity contribution in [1.82, 2.24) is 10.3 Å². The quantitative estimate of drug-likeness (QED) is 0.925. The summed E-state index contributed by atoms with van der Waals surface area (Å²) in [6, 6.07) is 4.60. The van der Waals surface area contributed by atoms with Gasteiger partial charge >= 0.3 is 0 Å². The average Bonchev–Trinajstić information content (AvgIpc) is 2.75. The van der Waals surface area contributed by atoms with Crippen LogP contribution in [0.3, 0.4) is 0 Å². The number of benzene rings is 1. The number of hydrogen-bond acceptors (Lipinski definition) is 3. The molecule has 0 bridgehead atoms. The molecule has 2 rings (SSSR count). The predicted octanol–water partition coefficient (Wildman–Crippen LogP) is 3.28. The lowest BCUT2D eigenvalue weighted by molar-refractivity contribution is 0.513. The van der Waals surface area contributed by atoms with Gasteiger partial charge in [-0.15, -0.1) is 0 Å². The zero-order valence-corrected chi connectivity index (χ0v) is 11.0. The van der Waals surface area contributed by atoms with Crippen LogP contribution in [-0.4, -0.2) is 12.0 Å². The predicted molar refractivity (Wildman–Crippen MR) is 68.2 cm³/mol. The number of hydrogen-bond donors (Lipinski definition) is 1. The molecule has 1 heterocycles. The van der Waals surface area contributed by atoms with Gasteiger partial charge in [0.25, 0.3) is 0 Å². The van der Waals surface area contributed by atoms with E-state index in [1.165, 1.54) is 6.07 Å². The van der Waals surface area contributed by atoms with Crippen LogP contribution in [-0.2, 0) is 6.42 Å². The van der Waals surface area contributed by atoms with Crippen LogP contribution in [0.5, 0.6) is 0 Å². The third-order valence-electron chi connectivity index (χ3n) is 2.78. The molecule has 18 heavy (non-hydrogen) atoms. The first-order chi connectivity index (χ1) is 8.60. The first-order valence-electron chi connectivity index (χ1n) is 5.63. The second-order valence-electron chi connectivity index (χ2n) is 4.07. The van der Waals surface area contributed by atoms with E-state index in [1.807, 2.05) is 7.05 Å². The van der Waals surface area contributed by atoms with Crippen LogP contribution in [0.25, 0.3) is 0 Å². The molecule has 0 aliphatic heterocycles. The topological polar surface area (TPSA) is 38.1 Å². The highest BCUT2D eigenvalue weighted by atomic mass is 35.5. The molecule has 2 aromatic rings. The summed E-state index contributed by atoms with van der Waals surface area (Å²) in [5.74, 6) is 0.296. The van der Waals surface area contributed by atoms with E-state index in [0.717, 1.165) is 5.69 Å². The van der Waals surface area contributed by atoms with Crippen molar-refractivity contribution in [3.63, 3.8) is 0 Å². The Balaban J connectivity index is 2.20. The van der Waals surface area contributed by atoms with Crippen LogP contribution in [0.2, 0.25) is 5.02 Å². The van der Waals surface area contributed by atoms with Crippen LogP contribution in [0.1, 0.15) is 23.2 Å². The van der Waals surface area contributed by atoms with Crippen molar-refractivity contribution < 1.29 is 8.81 Å². The maximum atomic E-state index is 13.7. The van der Waals surface area contributed by atoms with Crippen molar-refractivity contribution in [3.8, 4) is 0 Å². The van der Waals surface area contributed by atoms with Crippen LogP contribution >= 0.6 is 11.6 Å². The maximum absolute atomic E-state index is 13.7. The third kappa shape index (κ3) is 2.89. The summed E-state index contributed by atoms with van der Waals surface area (Å²) < 4.78 is 18.9. The monoisotopic (exact) mass is 268 g/mol. The summed E-state index contributed by atoms with van der Waals surface area (Å²) in [5, 5.41) is 3.50. The number of rotatable bonds is 4. The summed E-state index contributed by atoms with van der Waals surface area (Å²) in [5.41, 5.74) is 1.36. The number of likely N-dealkylation sites (N-methyl/N-ethyl adjacent to an activating group) is 1. The van der Waals surface area contributed by atoms with Gasteiger partial charge in [-0.1, -0.05) is 17.7 Å². The Kier molecular flexibility index (Phi) is 3.99. The van der Waals surface area contributed by atoms with E-state index in [9.17, 15) is 4.39 Å². The molecule has 1 unspecified atom stereocenters. The molecule has 1 aromatic carbocycles. The summed E-state index contributed by atoms with van der Waals surface area (Å²) in [7, 11) is 1.81. The molecule has 5 heteroatoms. The van der Waals surface area contributed by atoms with E-state index in [2.05, 4.69) is 10.3 Å². The van der Waals surface area contributed by atoms with Gasteiger partial charge in [0.1, 0.15) is 12.1 Å². The van der Waals surface area contributed by atoms with Gasteiger partial charge < -0.3 is 9.73 Å². The number of nitrogens with one attached hydrogen (secondary N) is 1. The van der Waals surface area contributed by atoms with Gasteiger partial charge in [-0.2, -0.15) is 0 Å². The lowest BCUT2D eigenvalue weighted by Gasteiger charge is -2.13. The molecule has 1 N–H and O–H groups in total. The minimum atomic E-state index is -0.303. The molecule has 0 saturated heterocycles. The average molecular weight is 269 g/mol. The number of aryl methyl sites for hydroxylation is 1. The maximum Gasteiger partial charge on any atom is 0.191 e. The Morgan fingerprint density at radius 2 is 2.28 bits per heavy atom. The van der Waals surface area contributed by atoms with E-state index < -0.39 is 0 Å². The van der Waals surface area contributed by atoms with Crippen LogP contribution < -0.4 is 5.32 Å². The van der Waals surface area contributed by atoms with Crippen LogP contribution in [0.4, 0.5) is 4.39 Å². The van der Waals surface area contributed by atoms with Crippen molar-refractivity contribution in [3.05, 3.63) is 52.5 Å². The molecule has 0 fully saturated rings. The number of halogens is 2. The fourth-order valence-corrected chi connectivity index (χ4v) is 1.96. The number of oxazole rings is 1. The molecular weight excluding hydrogens is 255 g/mol. The number of nitrogens with zero attached hydrogens (tertiary/aromatic N) is 1. The fourth-order valence-electron chi connectivity index (χ4n) is 1.80. The van der Waals surface area contributed by atoms with E-state index in [1.54, 1.807) is 25.3 Å². The van der Waals surface area contributed by atoms with Crippen molar-refractivity contribution in [1.29, 1.82) is 0 Å². The Morgan fingerprint density at radius 1 is 1.50 bits per heavy atom. The Bertz CT molecular complexity index is 542. The second-order valence-corrected chi connectivity index (χ2v) is 4.51. The Hall–Kier alpha value is -1.39. The SMILES string of the molecule is CNC(Cc1ccc(Cl)cc1F)c1coc(C)n1. The molecule has 0 saturated carbocycles. The highest BCUT2D eigenvalue weighted by Crippen LogP contribution is 2.21. The van der Waals surface area contributed by atoms with Crippen LogP contribution in [0, 0.1) is 12.7 Å². The first kappa shape index (κ1) is 13.1. The van der Waals surface area contributed by atoms with Crippen molar-refractivity contribution in [2.45, 2.75) is 19.4 Å². The lowest BCUT2D eigenvalue weighted by Crippen LogP contribution is -2.19. The summed E-state index contributed by atoms with van der Waals surface area (Å²) >= 11 is 5.72. The van der Waals surface area contributed by atoms with Gasteiger partial charge in [0.2, 0.25) is 0 Å². The molecule has 0 spiro atoms. The minimum absolute atomic E-state index is 0.0851. The molecule has 0 aliphatic carbocycles. The first-order valence-corrected chi connectivity index (χ1v) is 6.01. The van der Waals surface area contributed by atoms with E-state index in [0.29, 0.717) is 22.9 Å². The molecule has 3 nitrogen and oxygen atoms in total. The van der Waals surface area contributed by atoms with Crippen molar-refractivity contribution in [2.75, 3.05) is 7.05 Å². The van der Waals surface area contributed by atoms with Crippen molar-refractivity contribution in [2.24, 2.45) is 0 Å². The second kappa shape index (κ2) is 5.50. The van der Waals surface area contributed by atoms with Gasteiger partial charge in [0.05, 0.1) is 11.7 Å². The minimum Gasteiger partial charge on any atom is -0.449 e.